The van der Waals surface area contributed by atoms with Crippen molar-refractivity contribution in [2.45, 2.75) is 43.5 Å². The van der Waals surface area contributed by atoms with Crippen molar-refractivity contribution in [2.75, 3.05) is 5.32 Å². The van der Waals surface area contributed by atoms with Crippen molar-refractivity contribution < 1.29 is 17.8 Å². The van der Waals surface area contributed by atoms with Gasteiger partial charge in [0.05, 0.1) is 10.5 Å². The molecule has 1 aliphatic heterocycles. The Morgan fingerprint density at radius 3 is 2.72 bits per heavy atom. The lowest BCUT2D eigenvalue weighted by atomic mass is 9.91. The fraction of sp³-hybridized carbons (Fsp3) is 0.308. The third-order valence-electron chi connectivity index (χ3n) is 6.63. The van der Waals surface area contributed by atoms with E-state index in [4.69, 9.17) is 10.0 Å². The molecule has 2 unspecified atom stereocenters. The van der Waals surface area contributed by atoms with Gasteiger partial charge in [0.15, 0.2) is 0 Å². The minimum absolute atomic E-state index is 0.0832. The number of halogens is 2. The van der Waals surface area contributed by atoms with Crippen LogP contribution in [0.5, 0.6) is 0 Å². The van der Waals surface area contributed by atoms with Crippen molar-refractivity contribution in [3.8, 4) is 6.07 Å². The zero-order valence-corrected chi connectivity index (χ0v) is 20.8. The van der Waals surface area contributed by atoms with E-state index in [2.05, 4.69) is 10.0 Å². The molecule has 4 rings (SSSR count). The molecule has 10 heteroatoms. The molecule has 36 heavy (non-hydrogen) atoms. The Morgan fingerprint density at radius 1 is 1.31 bits per heavy atom. The molecule has 0 spiro atoms. The number of aromatic nitrogens is 1. The Kier molecular flexibility index (Phi) is 7.24. The van der Waals surface area contributed by atoms with E-state index in [1.54, 1.807) is 36.0 Å². The monoisotopic (exact) mass is 511 g/mol. The average Bonchev–Trinajstić information content (AvgIpc) is 3.13. The first-order chi connectivity index (χ1) is 17.1. The quantitative estimate of drug-likeness (QED) is 0.437. The normalized spacial score (nSPS) is 20.1. The van der Waals surface area contributed by atoms with Crippen molar-refractivity contribution in [3.05, 3.63) is 82.7 Å². The topological polar surface area (TPSA) is 111 Å². The lowest BCUT2D eigenvalue weighted by molar-refractivity contribution is 0.101. The third kappa shape index (κ3) is 5.32. The van der Waals surface area contributed by atoms with Gasteiger partial charge in [-0.15, -0.1) is 0 Å². The zero-order valence-electron chi connectivity index (χ0n) is 20.0. The van der Waals surface area contributed by atoms with Crippen LogP contribution >= 0.6 is 0 Å². The van der Waals surface area contributed by atoms with Crippen molar-refractivity contribution >= 4 is 21.5 Å². The van der Waals surface area contributed by atoms with E-state index in [0.717, 1.165) is 24.5 Å². The maximum atomic E-state index is 13.7. The number of amides is 1. The largest absolute Gasteiger partial charge is 0.345 e. The number of aryl methyl sites for hydroxylation is 2. The first kappa shape index (κ1) is 25.5. The van der Waals surface area contributed by atoms with Crippen LogP contribution < -0.4 is 10.0 Å². The summed E-state index contributed by atoms with van der Waals surface area (Å²) in [6.07, 6.45) is 4.05. The second kappa shape index (κ2) is 10.2. The molecule has 3 aromatic rings. The molecular formula is C26H27F2N5O2S. The predicted octanol–water partition coefficient (Wildman–Crippen LogP) is 4.92. The highest BCUT2D eigenvalue weighted by Gasteiger charge is 2.32. The lowest BCUT2D eigenvalue weighted by Crippen LogP contribution is -2.37. The van der Waals surface area contributed by atoms with E-state index in [0.29, 0.717) is 18.4 Å². The zero-order chi connectivity index (χ0) is 26.0. The van der Waals surface area contributed by atoms with Gasteiger partial charge < -0.3 is 9.88 Å². The number of hydrogen-bond acceptors (Lipinski definition) is 4. The molecule has 1 aliphatic rings. The molecule has 3 N–H and O–H groups in total. The molecule has 1 amide bonds. The van der Waals surface area contributed by atoms with E-state index in [1.165, 1.54) is 24.3 Å². The van der Waals surface area contributed by atoms with Gasteiger partial charge in [-0.3, -0.25) is 4.79 Å². The van der Waals surface area contributed by atoms with E-state index in [9.17, 15) is 17.8 Å². The SMILES string of the molecule is C[C@@H](CCc1ccc(F)cc1)C1CCc2c(cn(C)c2C(=O)Nc2ccc(F)c(C#N)c2)S(=N)(=O)N1. The molecule has 0 saturated heterocycles. The number of carbonyl (C=O) groups excluding carboxylic acids is 1. The summed E-state index contributed by atoms with van der Waals surface area (Å²) in [6.45, 7) is 2.03. The maximum Gasteiger partial charge on any atom is 0.272 e. The highest BCUT2D eigenvalue weighted by Crippen LogP contribution is 2.31. The lowest BCUT2D eigenvalue weighted by Gasteiger charge is -2.24. The maximum absolute atomic E-state index is 13.7. The third-order valence-corrected chi connectivity index (χ3v) is 8.23. The van der Waals surface area contributed by atoms with Crippen LogP contribution in [-0.4, -0.2) is 20.7 Å². The fourth-order valence-electron chi connectivity index (χ4n) is 4.60. The van der Waals surface area contributed by atoms with Gasteiger partial charge >= 0.3 is 0 Å². The average molecular weight is 512 g/mol. The van der Waals surface area contributed by atoms with Crippen molar-refractivity contribution in [2.24, 2.45) is 13.0 Å². The molecule has 0 bridgehead atoms. The van der Waals surface area contributed by atoms with E-state index < -0.39 is 21.6 Å². The Morgan fingerprint density at radius 2 is 2.03 bits per heavy atom. The smallest absolute Gasteiger partial charge is 0.272 e. The number of benzene rings is 2. The number of nitrogens with zero attached hydrogens (tertiary/aromatic N) is 2. The summed E-state index contributed by atoms with van der Waals surface area (Å²) in [7, 11) is -1.73. The highest BCUT2D eigenvalue weighted by molar-refractivity contribution is 7.90. The van der Waals surface area contributed by atoms with E-state index in [-0.39, 0.29) is 39.6 Å². The van der Waals surface area contributed by atoms with Gasteiger partial charge in [0.25, 0.3) is 5.91 Å². The molecule has 0 saturated carbocycles. The van der Waals surface area contributed by atoms with E-state index >= 15 is 0 Å². The summed E-state index contributed by atoms with van der Waals surface area (Å²) >= 11 is 0. The molecule has 1 aromatic heterocycles. The number of nitrogens with one attached hydrogen (secondary N) is 3. The summed E-state index contributed by atoms with van der Waals surface area (Å²) in [5, 5.41) is 11.7. The summed E-state index contributed by atoms with van der Waals surface area (Å²) in [5.74, 6) is -1.37. The first-order valence-electron chi connectivity index (χ1n) is 11.6. The number of hydrogen-bond donors (Lipinski definition) is 3. The number of rotatable bonds is 6. The van der Waals surface area contributed by atoms with Crippen LogP contribution in [0.15, 0.2) is 53.6 Å². The van der Waals surface area contributed by atoms with Crippen LogP contribution in [0, 0.1) is 33.7 Å². The van der Waals surface area contributed by atoms with Gasteiger partial charge in [-0.05, 0) is 67.5 Å². The highest BCUT2D eigenvalue weighted by atomic mass is 32.2. The predicted molar refractivity (Wildman–Crippen MR) is 133 cm³/mol. The Balaban J connectivity index is 1.53. The second-order valence-corrected chi connectivity index (χ2v) is 10.9. The molecule has 0 aliphatic carbocycles. The molecule has 7 nitrogen and oxygen atoms in total. The minimum atomic E-state index is -3.38. The molecule has 0 fully saturated rings. The standard InChI is InChI=1S/C26H27F2N5O2S/c1-16(3-4-17-5-7-19(27)8-6-17)23-12-10-21-24(36(30,35)32-23)15-33(2)25(21)26(34)31-20-9-11-22(28)18(13-20)14-29/h5-9,11,13,15-16,23H,3-4,10,12H2,1-2H3,(H,31,34)(H2,30,32,35)/t16-,23?,36?/m0/s1. The van der Waals surface area contributed by atoms with Crippen molar-refractivity contribution in [3.63, 3.8) is 0 Å². The van der Waals surface area contributed by atoms with Gasteiger partial charge in [0.2, 0.25) is 0 Å². The summed E-state index contributed by atoms with van der Waals surface area (Å²) in [6, 6.07) is 11.6. The second-order valence-electron chi connectivity index (χ2n) is 9.15. The Hall–Kier alpha value is -3.55. The number of fused-ring (bicyclic) bond motifs is 1. The van der Waals surface area contributed by atoms with Gasteiger partial charge in [-0.2, -0.15) is 5.26 Å². The van der Waals surface area contributed by atoms with Gasteiger partial charge in [-0.1, -0.05) is 19.1 Å². The Bertz CT molecular complexity index is 1440. The number of carbonyl (C=O) groups is 1. The van der Waals surface area contributed by atoms with Crippen LogP contribution in [-0.2, 0) is 29.8 Å². The first-order valence-corrected chi connectivity index (χ1v) is 13.1. The van der Waals surface area contributed by atoms with Crippen LogP contribution in [0.25, 0.3) is 0 Å². The van der Waals surface area contributed by atoms with Crippen LogP contribution in [0.4, 0.5) is 14.5 Å². The summed E-state index contributed by atoms with van der Waals surface area (Å²) in [5.41, 5.74) is 1.90. The fourth-order valence-corrected chi connectivity index (χ4v) is 6.35. The summed E-state index contributed by atoms with van der Waals surface area (Å²) < 4.78 is 53.4. The van der Waals surface area contributed by atoms with Gasteiger partial charge in [-0.25, -0.2) is 22.5 Å². The van der Waals surface area contributed by atoms with Crippen molar-refractivity contribution in [1.82, 2.24) is 9.29 Å². The Labute approximate surface area is 209 Å². The summed E-state index contributed by atoms with van der Waals surface area (Å²) in [4.78, 5) is 13.4. The van der Waals surface area contributed by atoms with Crippen LogP contribution in [0.1, 0.15) is 46.9 Å². The van der Waals surface area contributed by atoms with Crippen LogP contribution in [0.3, 0.4) is 0 Å². The molecule has 0 radical (unpaired) electrons. The van der Waals surface area contributed by atoms with Crippen LogP contribution in [0.2, 0.25) is 0 Å². The molecule has 2 heterocycles. The molecule has 3 atom stereocenters. The van der Waals surface area contributed by atoms with Crippen molar-refractivity contribution in [1.29, 1.82) is 10.0 Å². The minimum Gasteiger partial charge on any atom is -0.345 e. The van der Waals surface area contributed by atoms with Gasteiger partial charge in [0.1, 0.15) is 33.3 Å². The molecule has 2 aromatic carbocycles. The number of anilines is 1. The molecular weight excluding hydrogens is 484 g/mol. The number of nitriles is 1. The van der Waals surface area contributed by atoms with Gasteiger partial charge in [0, 0.05) is 30.5 Å². The van der Waals surface area contributed by atoms with E-state index in [1.807, 2.05) is 6.92 Å². The molecule has 188 valence electrons.